The molecule has 158 valence electrons. The number of piperazine rings is 1. The molecular formula is C21H36N4O3. The maximum Gasteiger partial charge on any atom is 0.275 e. The number of amides is 1. The van der Waals surface area contributed by atoms with Crippen molar-refractivity contribution in [1.82, 2.24) is 19.7 Å². The van der Waals surface area contributed by atoms with Crippen molar-refractivity contribution in [2.75, 3.05) is 39.8 Å². The highest BCUT2D eigenvalue weighted by Crippen LogP contribution is 2.23. The van der Waals surface area contributed by atoms with Gasteiger partial charge in [0.2, 0.25) is 5.89 Å². The lowest BCUT2D eigenvalue weighted by Crippen LogP contribution is -2.48. The van der Waals surface area contributed by atoms with E-state index in [0.717, 1.165) is 58.4 Å². The molecule has 0 radical (unpaired) electrons. The molecule has 28 heavy (non-hydrogen) atoms. The van der Waals surface area contributed by atoms with Crippen LogP contribution < -0.4 is 0 Å². The number of oxazole rings is 1. The van der Waals surface area contributed by atoms with Crippen LogP contribution >= 0.6 is 0 Å². The Kier molecular flexibility index (Phi) is 7.88. The van der Waals surface area contributed by atoms with Gasteiger partial charge in [-0.3, -0.25) is 14.6 Å². The Morgan fingerprint density at radius 1 is 1.25 bits per heavy atom. The maximum absolute atomic E-state index is 12.7. The number of carbonyl (C=O) groups excluding carboxylic acids is 1. The Morgan fingerprint density at radius 2 is 1.93 bits per heavy atom. The van der Waals surface area contributed by atoms with Crippen LogP contribution in [0.3, 0.4) is 0 Å². The summed E-state index contributed by atoms with van der Waals surface area (Å²) in [6.45, 7) is 7.22. The van der Waals surface area contributed by atoms with Crippen LogP contribution in [0.25, 0.3) is 0 Å². The first-order valence-electron chi connectivity index (χ1n) is 10.9. The minimum absolute atomic E-state index is 0.0309. The lowest BCUT2D eigenvalue weighted by Gasteiger charge is -2.35. The molecule has 0 aromatic carbocycles. The van der Waals surface area contributed by atoms with E-state index in [4.69, 9.17) is 4.42 Å². The fourth-order valence-corrected chi connectivity index (χ4v) is 4.34. The van der Waals surface area contributed by atoms with Gasteiger partial charge in [0, 0.05) is 45.8 Å². The predicted octanol–water partition coefficient (Wildman–Crippen LogP) is 2.36. The molecule has 1 atom stereocenters. The molecule has 1 aliphatic carbocycles. The minimum Gasteiger partial charge on any atom is -0.447 e. The molecule has 1 aliphatic heterocycles. The lowest BCUT2D eigenvalue weighted by molar-refractivity contribution is 0.0634. The molecule has 1 N–H and O–H groups in total. The third kappa shape index (κ3) is 5.78. The largest absolute Gasteiger partial charge is 0.447 e. The van der Waals surface area contributed by atoms with Crippen molar-refractivity contribution >= 4 is 5.91 Å². The number of aromatic nitrogens is 1. The van der Waals surface area contributed by atoms with Gasteiger partial charge in [-0.2, -0.15) is 0 Å². The SMILES string of the molecule is CCCC(O)CN1CCN(Cc2nc(C(=O)N(C)C3CCCCC3)co2)CC1. The third-order valence-electron chi connectivity index (χ3n) is 6.13. The Bertz CT molecular complexity index is 607. The van der Waals surface area contributed by atoms with Gasteiger partial charge in [-0.1, -0.05) is 32.6 Å². The van der Waals surface area contributed by atoms with Crippen LogP contribution in [0.5, 0.6) is 0 Å². The quantitative estimate of drug-likeness (QED) is 0.732. The van der Waals surface area contributed by atoms with E-state index in [1.54, 1.807) is 0 Å². The fraction of sp³-hybridized carbons (Fsp3) is 0.810. The molecule has 1 unspecified atom stereocenters. The van der Waals surface area contributed by atoms with E-state index < -0.39 is 0 Å². The zero-order valence-electron chi connectivity index (χ0n) is 17.5. The molecule has 1 saturated heterocycles. The summed E-state index contributed by atoms with van der Waals surface area (Å²) in [5.41, 5.74) is 0.421. The third-order valence-corrected chi connectivity index (χ3v) is 6.13. The van der Waals surface area contributed by atoms with Gasteiger partial charge < -0.3 is 14.4 Å². The Hall–Kier alpha value is -1.44. The van der Waals surface area contributed by atoms with E-state index >= 15 is 0 Å². The number of aliphatic hydroxyl groups excluding tert-OH is 1. The number of aliphatic hydroxyl groups is 1. The van der Waals surface area contributed by atoms with Crippen LogP contribution in [0, 0.1) is 0 Å². The number of hydrogen-bond acceptors (Lipinski definition) is 6. The first-order valence-corrected chi connectivity index (χ1v) is 10.9. The molecule has 1 aromatic rings. The fourth-order valence-electron chi connectivity index (χ4n) is 4.34. The lowest BCUT2D eigenvalue weighted by atomic mass is 9.94. The highest BCUT2D eigenvalue weighted by molar-refractivity contribution is 5.92. The van der Waals surface area contributed by atoms with Crippen molar-refractivity contribution in [2.24, 2.45) is 0 Å². The molecule has 7 nitrogen and oxygen atoms in total. The smallest absolute Gasteiger partial charge is 0.275 e. The zero-order valence-corrected chi connectivity index (χ0v) is 17.5. The molecule has 0 bridgehead atoms. The molecule has 2 heterocycles. The number of rotatable bonds is 8. The molecule has 1 amide bonds. The van der Waals surface area contributed by atoms with Gasteiger partial charge in [0.05, 0.1) is 12.6 Å². The number of carbonyl (C=O) groups is 1. The average molecular weight is 393 g/mol. The number of hydrogen-bond donors (Lipinski definition) is 1. The highest BCUT2D eigenvalue weighted by Gasteiger charge is 2.26. The van der Waals surface area contributed by atoms with E-state index in [9.17, 15) is 9.90 Å². The van der Waals surface area contributed by atoms with Crippen LogP contribution in [0.1, 0.15) is 68.2 Å². The minimum atomic E-state index is -0.224. The van der Waals surface area contributed by atoms with Gasteiger partial charge in [0.25, 0.3) is 5.91 Å². The van der Waals surface area contributed by atoms with E-state index in [1.807, 2.05) is 11.9 Å². The summed E-state index contributed by atoms with van der Waals surface area (Å²) in [5.74, 6) is 0.580. The second-order valence-electron chi connectivity index (χ2n) is 8.35. The summed E-state index contributed by atoms with van der Waals surface area (Å²) in [6, 6.07) is 0.331. The molecular weight excluding hydrogens is 356 g/mol. The first-order chi connectivity index (χ1) is 13.6. The van der Waals surface area contributed by atoms with E-state index in [1.165, 1.54) is 25.5 Å². The van der Waals surface area contributed by atoms with Crippen molar-refractivity contribution in [2.45, 2.75) is 70.6 Å². The van der Waals surface area contributed by atoms with Gasteiger partial charge in [-0.25, -0.2) is 4.98 Å². The standard InChI is InChI=1S/C21H36N4O3/c1-3-7-18(26)14-24-10-12-25(13-11-24)15-20-22-19(16-28-20)21(27)23(2)17-8-5-4-6-9-17/h16-18,26H,3-15H2,1-2H3. The Balaban J connectivity index is 1.45. The van der Waals surface area contributed by atoms with E-state index in [2.05, 4.69) is 21.7 Å². The van der Waals surface area contributed by atoms with Crippen molar-refractivity contribution in [1.29, 1.82) is 0 Å². The zero-order chi connectivity index (χ0) is 19.9. The molecule has 3 rings (SSSR count). The van der Waals surface area contributed by atoms with E-state index in [0.29, 0.717) is 24.2 Å². The second-order valence-corrected chi connectivity index (χ2v) is 8.35. The molecule has 7 heteroatoms. The van der Waals surface area contributed by atoms with Gasteiger partial charge in [-0.15, -0.1) is 0 Å². The maximum atomic E-state index is 12.7. The van der Waals surface area contributed by atoms with Crippen molar-refractivity contribution in [3.8, 4) is 0 Å². The molecule has 1 aromatic heterocycles. The van der Waals surface area contributed by atoms with Crippen LogP contribution in [0.15, 0.2) is 10.7 Å². The number of β-amino-alcohol motifs (C(OH)–C–C–N with tert-alkyl or cyclic N) is 1. The summed E-state index contributed by atoms with van der Waals surface area (Å²) < 4.78 is 5.60. The van der Waals surface area contributed by atoms with Crippen LogP contribution in [-0.4, -0.2) is 82.6 Å². The van der Waals surface area contributed by atoms with Gasteiger partial charge >= 0.3 is 0 Å². The Morgan fingerprint density at radius 3 is 2.61 bits per heavy atom. The molecule has 2 fully saturated rings. The van der Waals surface area contributed by atoms with Crippen LogP contribution in [0.2, 0.25) is 0 Å². The first kappa shape index (κ1) is 21.3. The summed E-state index contributed by atoms with van der Waals surface area (Å²) in [7, 11) is 1.89. The van der Waals surface area contributed by atoms with Crippen LogP contribution in [0.4, 0.5) is 0 Å². The highest BCUT2D eigenvalue weighted by atomic mass is 16.3. The molecule has 2 aliphatic rings. The molecule has 1 saturated carbocycles. The summed E-state index contributed by atoms with van der Waals surface area (Å²) in [5, 5.41) is 9.98. The summed E-state index contributed by atoms with van der Waals surface area (Å²) in [4.78, 5) is 23.6. The van der Waals surface area contributed by atoms with Gasteiger partial charge in [-0.05, 0) is 19.3 Å². The van der Waals surface area contributed by atoms with Crippen molar-refractivity contribution in [3.05, 3.63) is 17.8 Å². The predicted molar refractivity (Wildman–Crippen MR) is 108 cm³/mol. The Labute approximate surface area is 168 Å². The van der Waals surface area contributed by atoms with Gasteiger partial charge in [0.15, 0.2) is 5.69 Å². The van der Waals surface area contributed by atoms with E-state index in [-0.39, 0.29) is 12.0 Å². The molecule has 0 spiro atoms. The van der Waals surface area contributed by atoms with Crippen molar-refractivity contribution in [3.63, 3.8) is 0 Å². The normalized spacial score (nSPS) is 21.0. The average Bonchev–Trinajstić information content (AvgIpc) is 3.17. The second kappa shape index (κ2) is 10.4. The topological polar surface area (TPSA) is 73.1 Å². The van der Waals surface area contributed by atoms with Crippen molar-refractivity contribution < 1.29 is 14.3 Å². The summed E-state index contributed by atoms with van der Waals surface area (Å²) in [6.07, 6.45) is 9.02. The summed E-state index contributed by atoms with van der Waals surface area (Å²) >= 11 is 0. The van der Waals surface area contributed by atoms with Gasteiger partial charge in [0.1, 0.15) is 6.26 Å². The monoisotopic (exact) mass is 392 g/mol. The number of nitrogens with zero attached hydrogens (tertiary/aromatic N) is 4. The van der Waals surface area contributed by atoms with Crippen LogP contribution in [-0.2, 0) is 6.54 Å².